The molecule has 5 unspecified atom stereocenters. The molecule has 3 heterocycles. The molecule has 2 fully saturated rings. The van der Waals surface area contributed by atoms with Crippen molar-refractivity contribution in [2.24, 2.45) is 23.7 Å². The number of likely N-dealkylation sites (tertiary alicyclic amines) is 1. The van der Waals surface area contributed by atoms with Crippen molar-refractivity contribution in [3.8, 4) is 0 Å². The van der Waals surface area contributed by atoms with Crippen LogP contribution in [0.4, 0.5) is 5.13 Å². The van der Waals surface area contributed by atoms with Crippen LogP contribution in [0.2, 0.25) is 0 Å². The van der Waals surface area contributed by atoms with Crippen molar-refractivity contribution in [1.82, 2.24) is 15.1 Å². The minimum Gasteiger partial charge on any atom is -0.452 e. The second-order valence-electron chi connectivity index (χ2n) is 8.21. The molecule has 2 aromatic heterocycles. The third-order valence-corrected chi connectivity index (χ3v) is 7.62. The van der Waals surface area contributed by atoms with Crippen LogP contribution in [0.5, 0.6) is 0 Å². The van der Waals surface area contributed by atoms with Crippen LogP contribution in [0.15, 0.2) is 33.4 Å². The predicted octanol–water partition coefficient (Wildman–Crippen LogP) is 3.72. The SMILES string of the molecule is CCCc1nnc(NC(=O)CC(c2ccc(Br)o2)N2C(=O)C3C4C=CC(C4)C3C2=O)s1. The molecule has 1 N–H and O–H groups in total. The first-order chi connectivity index (χ1) is 15.0. The maximum atomic E-state index is 13.3. The first-order valence-electron chi connectivity index (χ1n) is 10.4. The van der Waals surface area contributed by atoms with Crippen molar-refractivity contribution in [2.45, 2.75) is 38.6 Å². The summed E-state index contributed by atoms with van der Waals surface area (Å²) in [4.78, 5) is 40.7. The quantitative estimate of drug-likeness (QED) is 0.454. The lowest BCUT2D eigenvalue weighted by atomic mass is 9.85. The summed E-state index contributed by atoms with van der Waals surface area (Å²) in [6.45, 7) is 2.05. The van der Waals surface area contributed by atoms with Gasteiger partial charge in [0, 0.05) is 6.42 Å². The molecule has 0 radical (unpaired) electrons. The Balaban J connectivity index is 1.38. The largest absolute Gasteiger partial charge is 0.452 e. The predicted molar refractivity (Wildman–Crippen MR) is 116 cm³/mol. The molecule has 2 bridgehead atoms. The molecule has 2 aromatic rings. The zero-order valence-corrected chi connectivity index (χ0v) is 19.2. The second kappa shape index (κ2) is 7.98. The molecule has 8 nitrogen and oxygen atoms in total. The Morgan fingerprint density at radius 1 is 1.26 bits per heavy atom. The van der Waals surface area contributed by atoms with Gasteiger partial charge in [-0.2, -0.15) is 0 Å². The fourth-order valence-electron chi connectivity index (χ4n) is 5.02. The van der Waals surface area contributed by atoms with Gasteiger partial charge >= 0.3 is 0 Å². The van der Waals surface area contributed by atoms with Crippen molar-refractivity contribution in [3.63, 3.8) is 0 Å². The van der Waals surface area contributed by atoms with Crippen LogP contribution in [-0.2, 0) is 20.8 Å². The van der Waals surface area contributed by atoms with E-state index in [1.165, 1.54) is 16.2 Å². The number of carbonyl (C=O) groups excluding carboxylic acids is 3. The number of rotatable bonds is 7. The average Bonchev–Trinajstić information content (AvgIpc) is 3.53. The molecular formula is C21H21BrN4O4S. The Morgan fingerprint density at radius 3 is 2.58 bits per heavy atom. The number of carbonyl (C=O) groups is 3. The number of imide groups is 1. The van der Waals surface area contributed by atoms with Gasteiger partial charge in [0.1, 0.15) is 16.8 Å². The summed E-state index contributed by atoms with van der Waals surface area (Å²) >= 11 is 4.60. The van der Waals surface area contributed by atoms with Crippen molar-refractivity contribution >= 4 is 50.1 Å². The summed E-state index contributed by atoms with van der Waals surface area (Å²) in [6.07, 6.45) is 6.59. The molecule has 3 aliphatic rings. The molecule has 2 aliphatic carbocycles. The molecule has 0 aromatic carbocycles. The van der Waals surface area contributed by atoms with Crippen LogP contribution in [0.25, 0.3) is 0 Å². The molecule has 31 heavy (non-hydrogen) atoms. The Kier molecular flexibility index (Phi) is 5.29. The van der Waals surface area contributed by atoms with E-state index in [2.05, 4.69) is 43.6 Å². The minimum absolute atomic E-state index is 0.104. The van der Waals surface area contributed by atoms with Gasteiger partial charge in [0.15, 0.2) is 4.67 Å². The number of aromatic nitrogens is 2. The normalized spacial score (nSPS) is 27.2. The molecular weight excluding hydrogens is 484 g/mol. The number of anilines is 1. The smallest absolute Gasteiger partial charge is 0.234 e. The van der Waals surface area contributed by atoms with Crippen molar-refractivity contribution in [2.75, 3.05) is 5.32 Å². The van der Waals surface area contributed by atoms with E-state index in [-0.39, 0.29) is 47.8 Å². The number of hydrogen-bond donors (Lipinski definition) is 1. The molecule has 10 heteroatoms. The van der Waals surface area contributed by atoms with Crippen LogP contribution in [-0.4, -0.2) is 32.8 Å². The third-order valence-electron chi connectivity index (χ3n) is 6.29. The standard InChI is InChI=1S/C21H21BrN4O4S/c1-2-3-16-24-25-21(31-16)23-15(27)9-12(13-6-7-14(22)30-13)26-19(28)17-10-4-5-11(8-10)18(17)20(26)29/h4-7,10-12,17-18H,2-3,8-9H2,1H3,(H,23,25,27). The van der Waals surface area contributed by atoms with E-state index in [4.69, 9.17) is 4.42 Å². The number of nitrogens with zero attached hydrogens (tertiary/aromatic N) is 3. The Labute approximate surface area is 191 Å². The Bertz CT molecular complexity index is 1050. The van der Waals surface area contributed by atoms with Gasteiger partial charge in [-0.05, 0) is 52.7 Å². The van der Waals surface area contributed by atoms with Crippen LogP contribution >= 0.6 is 27.3 Å². The number of allylic oxidation sites excluding steroid dienone is 2. The third kappa shape index (κ3) is 3.55. The van der Waals surface area contributed by atoms with Gasteiger partial charge in [-0.25, -0.2) is 0 Å². The summed E-state index contributed by atoms with van der Waals surface area (Å²) in [5.74, 6) is -0.821. The highest BCUT2D eigenvalue weighted by Crippen LogP contribution is 2.54. The summed E-state index contributed by atoms with van der Waals surface area (Å²) in [6, 6.07) is 2.58. The molecule has 5 atom stereocenters. The van der Waals surface area contributed by atoms with E-state index in [1.54, 1.807) is 12.1 Å². The summed E-state index contributed by atoms with van der Waals surface area (Å²) < 4.78 is 6.16. The monoisotopic (exact) mass is 504 g/mol. The van der Waals surface area contributed by atoms with Gasteiger partial charge in [-0.15, -0.1) is 10.2 Å². The number of nitrogens with one attached hydrogen (secondary N) is 1. The van der Waals surface area contributed by atoms with Gasteiger partial charge in [-0.1, -0.05) is 30.4 Å². The van der Waals surface area contributed by atoms with Crippen LogP contribution < -0.4 is 5.32 Å². The van der Waals surface area contributed by atoms with E-state index in [0.717, 1.165) is 24.3 Å². The van der Waals surface area contributed by atoms with Crippen molar-refractivity contribution in [1.29, 1.82) is 0 Å². The molecule has 162 valence electrons. The molecule has 1 aliphatic heterocycles. The highest BCUT2D eigenvalue weighted by Gasteiger charge is 2.60. The molecule has 0 spiro atoms. The van der Waals surface area contributed by atoms with Crippen LogP contribution in [0.1, 0.15) is 43.0 Å². The fourth-order valence-corrected chi connectivity index (χ4v) is 6.20. The molecule has 1 saturated heterocycles. The molecule has 5 rings (SSSR count). The average molecular weight is 505 g/mol. The van der Waals surface area contributed by atoms with E-state index < -0.39 is 6.04 Å². The van der Waals surface area contributed by atoms with Gasteiger partial charge in [0.2, 0.25) is 22.9 Å². The number of fused-ring (bicyclic) bond motifs is 5. The van der Waals surface area contributed by atoms with E-state index in [9.17, 15) is 14.4 Å². The summed E-state index contributed by atoms with van der Waals surface area (Å²) in [5.41, 5.74) is 0. The van der Waals surface area contributed by atoms with Crippen LogP contribution in [0.3, 0.4) is 0 Å². The van der Waals surface area contributed by atoms with Crippen molar-refractivity contribution in [3.05, 3.63) is 39.7 Å². The summed E-state index contributed by atoms with van der Waals surface area (Å²) in [7, 11) is 0. The van der Waals surface area contributed by atoms with Gasteiger partial charge < -0.3 is 9.73 Å². The number of halogens is 1. The molecule has 3 amide bonds. The first kappa shape index (κ1) is 20.6. The number of furan rings is 1. The number of hydrogen-bond acceptors (Lipinski definition) is 7. The highest BCUT2D eigenvalue weighted by molar-refractivity contribution is 9.10. The molecule has 1 saturated carbocycles. The zero-order valence-electron chi connectivity index (χ0n) is 16.8. The van der Waals surface area contributed by atoms with E-state index >= 15 is 0 Å². The lowest BCUT2D eigenvalue weighted by Gasteiger charge is -2.25. The number of aryl methyl sites for hydroxylation is 1. The van der Waals surface area contributed by atoms with Crippen LogP contribution in [0, 0.1) is 23.7 Å². The van der Waals surface area contributed by atoms with Crippen molar-refractivity contribution < 1.29 is 18.8 Å². The van der Waals surface area contributed by atoms with Gasteiger partial charge in [-0.3, -0.25) is 19.3 Å². The Hall–Kier alpha value is -2.33. The lowest BCUT2D eigenvalue weighted by molar-refractivity contribution is -0.144. The second-order valence-corrected chi connectivity index (χ2v) is 10.1. The fraction of sp³-hybridized carbons (Fsp3) is 0.476. The zero-order chi connectivity index (χ0) is 21.7. The Morgan fingerprint density at radius 2 is 1.97 bits per heavy atom. The number of amides is 3. The van der Waals surface area contributed by atoms with Gasteiger partial charge in [0.25, 0.3) is 0 Å². The summed E-state index contributed by atoms with van der Waals surface area (Å²) in [5, 5.41) is 12.1. The van der Waals surface area contributed by atoms with E-state index in [0.29, 0.717) is 15.6 Å². The van der Waals surface area contributed by atoms with E-state index in [1.807, 2.05) is 6.92 Å². The topological polar surface area (TPSA) is 105 Å². The maximum absolute atomic E-state index is 13.3. The lowest BCUT2D eigenvalue weighted by Crippen LogP contribution is -2.38. The first-order valence-corrected chi connectivity index (χ1v) is 12.0. The maximum Gasteiger partial charge on any atom is 0.234 e. The highest BCUT2D eigenvalue weighted by atomic mass is 79.9. The minimum atomic E-state index is -0.806. The van der Waals surface area contributed by atoms with Gasteiger partial charge in [0.05, 0.1) is 18.3 Å².